The second kappa shape index (κ2) is 11.7. The summed E-state index contributed by atoms with van der Waals surface area (Å²) in [6.07, 6.45) is 3.89. The van der Waals surface area contributed by atoms with E-state index in [0.717, 1.165) is 24.2 Å². The molecule has 1 heterocycles. The standard InChI is InChI=1S/C25H21Cl3N2O3S/c1-4-5-6-7-15(2)23(31)21-14-34-25(29-21)30(17-9-11-19(27)22(13-17)33-3)24(32)18-10-8-16(26)12-20(18)28/h4,8-14H,1-2,5-7H2,3H3. The monoisotopic (exact) mass is 534 g/mol. The highest BCUT2D eigenvalue weighted by molar-refractivity contribution is 7.14. The number of Topliss-reactive ketones (excluding diaryl/α,β-unsaturated/α-hetero) is 1. The van der Waals surface area contributed by atoms with Gasteiger partial charge in [-0.2, -0.15) is 0 Å². The molecule has 0 N–H and O–H groups in total. The summed E-state index contributed by atoms with van der Waals surface area (Å²) < 4.78 is 5.32. The average Bonchev–Trinajstić information content (AvgIpc) is 3.29. The molecule has 5 nitrogen and oxygen atoms in total. The molecule has 0 aliphatic carbocycles. The van der Waals surface area contributed by atoms with E-state index < -0.39 is 5.91 Å². The van der Waals surface area contributed by atoms with Crippen LogP contribution in [0.3, 0.4) is 0 Å². The van der Waals surface area contributed by atoms with Crippen LogP contribution < -0.4 is 9.64 Å². The molecule has 0 bridgehead atoms. The molecule has 0 unspecified atom stereocenters. The van der Waals surface area contributed by atoms with Crippen molar-refractivity contribution < 1.29 is 14.3 Å². The summed E-state index contributed by atoms with van der Waals surface area (Å²) >= 11 is 19.7. The molecule has 0 radical (unpaired) electrons. The fourth-order valence-corrected chi connectivity index (χ4v) is 4.62. The van der Waals surface area contributed by atoms with Gasteiger partial charge in [-0.05, 0) is 55.2 Å². The Hall–Kier alpha value is -2.64. The summed E-state index contributed by atoms with van der Waals surface area (Å²) in [6.45, 7) is 7.57. The third kappa shape index (κ3) is 5.88. The number of hydrogen-bond donors (Lipinski definition) is 0. The van der Waals surface area contributed by atoms with Gasteiger partial charge >= 0.3 is 0 Å². The Morgan fingerprint density at radius 1 is 1.15 bits per heavy atom. The minimum atomic E-state index is -0.454. The molecule has 0 saturated heterocycles. The van der Waals surface area contributed by atoms with Gasteiger partial charge in [0.1, 0.15) is 11.4 Å². The number of aromatic nitrogens is 1. The maximum atomic E-state index is 13.6. The number of nitrogens with zero attached hydrogens (tertiary/aromatic N) is 2. The van der Waals surface area contributed by atoms with E-state index in [9.17, 15) is 9.59 Å². The Kier molecular flexibility index (Phi) is 8.91. The summed E-state index contributed by atoms with van der Waals surface area (Å²) in [6, 6.07) is 9.48. The second-order valence-electron chi connectivity index (χ2n) is 7.21. The fraction of sp³-hybridized carbons (Fsp3) is 0.160. The summed E-state index contributed by atoms with van der Waals surface area (Å²) in [5, 5.41) is 2.86. The van der Waals surface area contributed by atoms with Crippen molar-refractivity contribution in [2.45, 2.75) is 19.3 Å². The van der Waals surface area contributed by atoms with Gasteiger partial charge in [-0.1, -0.05) is 47.5 Å². The van der Waals surface area contributed by atoms with E-state index >= 15 is 0 Å². The lowest BCUT2D eigenvalue weighted by Crippen LogP contribution is -2.26. The molecule has 3 rings (SSSR count). The van der Waals surface area contributed by atoms with Crippen molar-refractivity contribution in [3.63, 3.8) is 0 Å². The van der Waals surface area contributed by atoms with Crippen LogP contribution in [-0.2, 0) is 0 Å². The Balaban J connectivity index is 2.03. The molecule has 0 aliphatic rings. The molecule has 0 aliphatic heterocycles. The van der Waals surface area contributed by atoms with Crippen LogP contribution in [0.1, 0.15) is 40.1 Å². The van der Waals surface area contributed by atoms with Crippen LogP contribution in [-0.4, -0.2) is 23.8 Å². The number of ketones is 1. The lowest BCUT2D eigenvalue weighted by molar-refractivity contribution is 0.0994. The lowest BCUT2D eigenvalue weighted by atomic mass is 10.0. The number of methoxy groups -OCH3 is 1. The van der Waals surface area contributed by atoms with Crippen molar-refractivity contribution in [1.29, 1.82) is 0 Å². The summed E-state index contributed by atoms with van der Waals surface area (Å²) in [4.78, 5) is 32.3. The molecule has 176 valence electrons. The van der Waals surface area contributed by atoms with Crippen molar-refractivity contribution in [2.24, 2.45) is 0 Å². The number of thiazole rings is 1. The number of anilines is 2. The van der Waals surface area contributed by atoms with E-state index in [1.165, 1.54) is 24.1 Å². The average molecular weight is 536 g/mol. The van der Waals surface area contributed by atoms with Gasteiger partial charge in [-0.15, -0.1) is 17.9 Å². The first-order chi connectivity index (χ1) is 16.3. The van der Waals surface area contributed by atoms with Gasteiger partial charge in [0.05, 0.1) is 28.4 Å². The Morgan fingerprint density at radius 3 is 2.59 bits per heavy atom. The Morgan fingerprint density at radius 2 is 1.91 bits per heavy atom. The maximum Gasteiger partial charge on any atom is 0.266 e. The van der Waals surface area contributed by atoms with Gasteiger partial charge in [0.2, 0.25) is 5.78 Å². The van der Waals surface area contributed by atoms with E-state index in [0.29, 0.717) is 33.5 Å². The highest BCUT2D eigenvalue weighted by atomic mass is 35.5. The number of halogens is 3. The number of ether oxygens (including phenoxy) is 1. The van der Waals surface area contributed by atoms with E-state index in [-0.39, 0.29) is 27.2 Å². The lowest BCUT2D eigenvalue weighted by Gasteiger charge is -2.21. The fourth-order valence-electron chi connectivity index (χ4n) is 3.11. The van der Waals surface area contributed by atoms with Gasteiger partial charge < -0.3 is 4.74 Å². The molecule has 34 heavy (non-hydrogen) atoms. The Bertz CT molecular complexity index is 1260. The predicted octanol–water partition coefficient (Wildman–Crippen LogP) is 8.19. The van der Waals surface area contributed by atoms with E-state index in [1.807, 2.05) is 0 Å². The molecule has 9 heteroatoms. The van der Waals surface area contributed by atoms with Crippen LogP contribution in [0.15, 0.2) is 66.6 Å². The molecule has 0 saturated carbocycles. The number of carbonyl (C=O) groups is 2. The van der Waals surface area contributed by atoms with Crippen LogP contribution in [0.4, 0.5) is 10.8 Å². The van der Waals surface area contributed by atoms with Crippen molar-refractivity contribution in [2.75, 3.05) is 12.0 Å². The number of carbonyl (C=O) groups excluding carboxylic acids is 2. The van der Waals surface area contributed by atoms with Gasteiger partial charge in [0.25, 0.3) is 5.91 Å². The van der Waals surface area contributed by atoms with Crippen LogP contribution in [0.5, 0.6) is 5.75 Å². The van der Waals surface area contributed by atoms with Gasteiger partial charge in [0.15, 0.2) is 5.13 Å². The zero-order valence-corrected chi connectivity index (χ0v) is 21.4. The van der Waals surface area contributed by atoms with Crippen molar-refractivity contribution >= 4 is 68.6 Å². The number of allylic oxidation sites excluding steroid dienone is 2. The molecule has 0 spiro atoms. The van der Waals surface area contributed by atoms with Gasteiger partial charge in [-0.3, -0.25) is 14.5 Å². The normalized spacial score (nSPS) is 10.6. The SMILES string of the molecule is C=CCCCC(=C)C(=O)c1csc(N(C(=O)c2ccc(Cl)cc2Cl)c2ccc(Cl)c(OC)c2)n1. The van der Waals surface area contributed by atoms with Gasteiger partial charge in [0, 0.05) is 16.5 Å². The zero-order chi connectivity index (χ0) is 24.8. The first kappa shape index (κ1) is 26.0. The largest absolute Gasteiger partial charge is 0.495 e. The zero-order valence-electron chi connectivity index (χ0n) is 18.3. The highest BCUT2D eigenvalue weighted by Crippen LogP contribution is 2.37. The van der Waals surface area contributed by atoms with Crippen molar-refractivity contribution in [3.8, 4) is 5.75 Å². The molecular formula is C25H21Cl3N2O3S. The first-order valence-corrected chi connectivity index (χ1v) is 12.2. The molecule has 3 aromatic rings. The topological polar surface area (TPSA) is 59.5 Å². The molecule has 0 atom stereocenters. The number of rotatable bonds is 10. The van der Waals surface area contributed by atoms with E-state index in [4.69, 9.17) is 39.5 Å². The third-order valence-corrected chi connectivity index (χ3v) is 6.57. The maximum absolute atomic E-state index is 13.6. The summed E-state index contributed by atoms with van der Waals surface area (Å²) in [5.74, 6) is -0.344. The van der Waals surface area contributed by atoms with Crippen LogP contribution in [0.2, 0.25) is 15.1 Å². The smallest absolute Gasteiger partial charge is 0.266 e. The summed E-state index contributed by atoms with van der Waals surface area (Å²) in [7, 11) is 1.48. The Labute approximate surface area is 217 Å². The highest BCUT2D eigenvalue weighted by Gasteiger charge is 2.27. The summed E-state index contributed by atoms with van der Waals surface area (Å²) in [5.41, 5.74) is 1.32. The number of unbranched alkanes of at least 4 members (excludes halogenated alkanes) is 1. The predicted molar refractivity (Wildman–Crippen MR) is 141 cm³/mol. The molecular weight excluding hydrogens is 515 g/mol. The van der Waals surface area contributed by atoms with Crippen LogP contribution in [0, 0.1) is 0 Å². The van der Waals surface area contributed by atoms with Gasteiger partial charge in [-0.25, -0.2) is 4.98 Å². The number of amides is 1. The van der Waals surface area contributed by atoms with E-state index in [2.05, 4.69) is 18.1 Å². The second-order valence-corrected chi connectivity index (χ2v) is 9.30. The molecule has 2 aromatic carbocycles. The van der Waals surface area contributed by atoms with Crippen LogP contribution in [0.25, 0.3) is 0 Å². The van der Waals surface area contributed by atoms with Crippen molar-refractivity contribution in [3.05, 3.63) is 92.9 Å². The minimum Gasteiger partial charge on any atom is -0.495 e. The van der Waals surface area contributed by atoms with Crippen molar-refractivity contribution in [1.82, 2.24) is 4.98 Å². The van der Waals surface area contributed by atoms with Crippen LogP contribution >= 0.6 is 46.1 Å². The molecule has 1 amide bonds. The van der Waals surface area contributed by atoms with E-state index in [1.54, 1.807) is 35.7 Å². The quantitative estimate of drug-likeness (QED) is 0.114. The number of benzene rings is 2. The molecule has 0 fully saturated rings. The number of hydrogen-bond acceptors (Lipinski definition) is 5. The first-order valence-electron chi connectivity index (χ1n) is 10.2. The third-order valence-electron chi connectivity index (χ3n) is 4.88. The molecule has 1 aromatic heterocycles. The minimum absolute atomic E-state index is 0.187.